The van der Waals surface area contributed by atoms with E-state index in [1.807, 2.05) is 6.92 Å². The van der Waals surface area contributed by atoms with E-state index in [0.717, 1.165) is 0 Å². The fourth-order valence-electron chi connectivity index (χ4n) is 2.13. The standard InChI is InChI=1S/C14H18FN3O3S/c1-4-18-9-11(8-16-18)22(19,20)17-10(2)14-12(15)6-5-7-13(14)21-3/h5-10,17H,4H2,1-3H3/t10-/m1/s1. The molecule has 6 nitrogen and oxygen atoms in total. The van der Waals surface area contributed by atoms with Crippen molar-refractivity contribution in [1.82, 2.24) is 14.5 Å². The van der Waals surface area contributed by atoms with Crippen LogP contribution < -0.4 is 9.46 Å². The predicted molar refractivity (Wildman–Crippen MR) is 79.6 cm³/mol. The number of benzene rings is 1. The van der Waals surface area contributed by atoms with Crippen LogP contribution in [0.3, 0.4) is 0 Å². The fourth-order valence-corrected chi connectivity index (χ4v) is 3.30. The van der Waals surface area contributed by atoms with E-state index >= 15 is 0 Å². The topological polar surface area (TPSA) is 73.2 Å². The Bertz CT molecular complexity index is 758. The molecule has 0 saturated carbocycles. The van der Waals surface area contributed by atoms with Crippen molar-refractivity contribution < 1.29 is 17.5 Å². The van der Waals surface area contributed by atoms with Crippen molar-refractivity contribution in [2.75, 3.05) is 7.11 Å². The van der Waals surface area contributed by atoms with Crippen molar-refractivity contribution >= 4 is 10.0 Å². The molecule has 8 heteroatoms. The Kier molecular flexibility index (Phi) is 4.82. The molecule has 1 aromatic heterocycles. The second-order valence-corrected chi connectivity index (χ2v) is 6.44. The lowest BCUT2D eigenvalue weighted by atomic mass is 10.1. The van der Waals surface area contributed by atoms with Crippen LogP contribution in [0.25, 0.3) is 0 Å². The molecule has 22 heavy (non-hydrogen) atoms. The van der Waals surface area contributed by atoms with E-state index in [-0.39, 0.29) is 10.5 Å². The van der Waals surface area contributed by atoms with Crippen LogP contribution in [-0.4, -0.2) is 25.3 Å². The molecule has 2 rings (SSSR count). The van der Waals surface area contributed by atoms with Gasteiger partial charge >= 0.3 is 0 Å². The maximum absolute atomic E-state index is 14.0. The van der Waals surface area contributed by atoms with Crippen LogP contribution >= 0.6 is 0 Å². The second-order valence-electron chi connectivity index (χ2n) is 4.73. The van der Waals surface area contributed by atoms with Gasteiger partial charge in [0.15, 0.2) is 0 Å². The van der Waals surface area contributed by atoms with Gasteiger partial charge in [-0.3, -0.25) is 4.68 Å². The first-order chi connectivity index (χ1) is 10.4. The molecular formula is C14H18FN3O3S. The molecule has 0 unspecified atom stereocenters. The molecule has 0 aliphatic heterocycles. The van der Waals surface area contributed by atoms with Gasteiger partial charge in [-0.2, -0.15) is 5.10 Å². The van der Waals surface area contributed by atoms with Gasteiger partial charge in [-0.15, -0.1) is 0 Å². The first-order valence-electron chi connectivity index (χ1n) is 6.76. The summed E-state index contributed by atoms with van der Waals surface area (Å²) >= 11 is 0. The third kappa shape index (κ3) is 3.28. The van der Waals surface area contributed by atoms with Gasteiger partial charge in [-0.25, -0.2) is 17.5 Å². The summed E-state index contributed by atoms with van der Waals surface area (Å²) in [4.78, 5) is 0.0384. The number of ether oxygens (including phenoxy) is 1. The molecule has 0 radical (unpaired) electrons. The predicted octanol–water partition coefficient (Wildman–Crippen LogP) is 2.09. The zero-order valence-electron chi connectivity index (χ0n) is 12.6. The van der Waals surface area contributed by atoms with E-state index in [0.29, 0.717) is 12.3 Å². The Morgan fingerprint density at radius 2 is 2.18 bits per heavy atom. The molecule has 1 N–H and O–H groups in total. The lowest BCUT2D eigenvalue weighted by Crippen LogP contribution is -2.27. The summed E-state index contributed by atoms with van der Waals surface area (Å²) in [7, 11) is -2.39. The largest absolute Gasteiger partial charge is 0.496 e. The Balaban J connectivity index is 2.30. The first kappa shape index (κ1) is 16.4. The summed E-state index contributed by atoms with van der Waals surface area (Å²) < 4.78 is 47.7. The molecule has 0 amide bonds. The smallest absolute Gasteiger partial charge is 0.244 e. The summed E-state index contributed by atoms with van der Waals surface area (Å²) in [6.07, 6.45) is 2.69. The maximum atomic E-state index is 14.0. The highest BCUT2D eigenvalue weighted by Crippen LogP contribution is 2.28. The number of aryl methyl sites for hydroxylation is 1. The summed E-state index contributed by atoms with van der Waals surface area (Å²) in [5.74, 6) is -0.238. The van der Waals surface area contributed by atoms with Crippen molar-refractivity contribution in [1.29, 1.82) is 0 Å². The van der Waals surface area contributed by atoms with Crippen LogP contribution in [0.2, 0.25) is 0 Å². The van der Waals surface area contributed by atoms with Crippen LogP contribution in [0.5, 0.6) is 5.75 Å². The number of methoxy groups -OCH3 is 1. The highest BCUT2D eigenvalue weighted by molar-refractivity contribution is 7.89. The average molecular weight is 327 g/mol. The molecule has 0 saturated heterocycles. The van der Waals surface area contributed by atoms with Gasteiger partial charge in [0, 0.05) is 18.3 Å². The monoisotopic (exact) mass is 327 g/mol. The molecule has 0 fully saturated rings. The highest BCUT2D eigenvalue weighted by Gasteiger charge is 2.24. The van der Waals surface area contributed by atoms with E-state index in [9.17, 15) is 12.8 Å². The second kappa shape index (κ2) is 6.45. The van der Waals surface area contributed by atoms with Crippen LogP contribution in [0.15, 0.2) is 35.5 Å². The number of hydrogen-bond donors (Lipinski definition) is 1. The Hall–Kier alpha value is -1.93. The molecule has 1 aromatic carbocycles. The van der Waals surface area contributed by atoms with E-state index in [4.69, 9.17) is 4.74 Å². The van der Waals surface area contributed by atoms with E-state index in [1.165, 1.54) is 36.3 Å². The zero-order valence-corrected chi connectivity index (χ0v) is 13.4. The normalized spacial score (nSPS) is 13.1. The minimum Gasteiger partial charge on any atom is -0.496 e. The van der Waals surface area contributed by atoms with E-state index in [2.05, 4.69) is 9.82 Å². The van der Waals surface area contributed by atoms with E-state index < -0.39 is 21.9 Å². The summed E-state index contributed by atoms with van der Waals surface area (Å²) in [5.41, 5.74) is 0.163. The molecule has 0 bridgehead atoms. The zero-order chi connectivity index (χ0) is 16.3. The molecule has 0 aliphatic rings. The SMILES string of the molecule is CCn1cc(S(=O)(=O)N[C@H](C)c2c(F)cccc2OC)cn1. The Morgan fingerprint density at radius 3 is 2.77 bits per heavy atom. The lowest BCUT2D eigenvalue weighted by molar-refractivity contribution is 0.398. The van der Waals surface area contributed by atoms with E-state index in [1.54, 1.807) is 13.0 Å². The third-order valence-electron chi connectivity index (χ3n) is 3.24. The number of halogens is 1. The fraction of sp³-hybridized carbons (Fsp3) is 0.357. The van der Waals surface area contributed by atoms with Crippen LogP contribution in [0.1, 0.15) is 25.5 Å². The number of nitrogens with zero attached hydrogens (tertiary/aromatic N) is 2. The van der Waals surface area contributed by atoms with Crippen molar-refractivity contribution in [2.24, 2.45) is 0 Å². The number of hydrogen-bond acceptors (Lipinski definition) is 4. The lowest BCUT2D eigenvalue weighted by Gasteiger charge is -2.17. The highest BCUT2D eigenvalue weighted by atomic mass is 32.2. The Morgan fingerprint density at radius 1 is 1.45 bits per heavy atom. The molecule has 120 valence electrons. The maximum Gasteiger partial charge on any atom is 0.244 e. The van der Waals surface area contributed by atoms with Crippen molar-refractivity contribution in [2.45, 2.75) is 31.3 Å². The summed E-state index contributed by atoms with van der Waals surface area (Å²) in [6.45, 7) is 3.97. The van der Waals surface area contributed by atoms with Gasteiger partial charge in [-0.1, -0.05) is 6.07 Å². The molecule has 2 aromatic rings. The third-order valence-corrected chi connectivity index (χ3v) is 4.74. The first-order valence-corrected chi connectivity index (χ1v) is 8.24. The molecule has 1 atom stereocenters. The minimum absolute atomic E-state index is 0.0384. The van der Waals surface area contributed by atoms with Gasteiger partial charge in [0.1, 0.15) is 16.5 Å². The summed E-state index contributed by atoms with van der Waals surface area (Å²) in [6, 6.07) is 3.56. The Labute approximate surface area is 129 Å². The van der Waals surface area contributed by atoms with Crippen LogP contribution in [0, 0.1) is 5.82 Å². The van der Waals surface area contributed by atoms with Crippen molar-refractivity contribution in [3.8, 4) is 5.75 Å². The number of sulfonamides is 1. The van der Waals surface area contributed by atoms with Crippen LogP contribution in [0.4, 0.5) is 4.39 Å². The minimum atomic E-state index is -3.79. The van der Waals surface area contributed by atoms with Gasteiger partial charge in [0.25, 0.3) is 0 Å². The number of nitrogens with one attached hydrogen (secondary N) is 1. The average Bonchev–Trinajstić information content (AvgIpc) is 2.96. The van der Waals surface area contributed by atoms with Gasteiger partial charge in [-0.05, 0) is 26.0 Å². The van der Waals surface area contributed by atoms with Crippen molar-refractivity contribution in [3.05, 3.63) is 42.0 Å². The van der Waals surface area contributed by atoms with Gasteiger partial charge < -0.3 is 4.74 Å². The summed E-state index contributed by atoms with van der Waals surface area (Å²) in [5, 5.41) is 3.93. The van der Waals surface area contributed by atoms with Gasteiger partial charge in [0.05, 0.1) is 19.3 Å². The molecule has 0 spiro atoms. The molecular weight excluding hydrogens is 309 g/mol. The van der Waals surface area contributed by atoms with Crippen molar-refractivity contribution in [3.63, 3.8) is 0 Å². The van der Waals surface area contributed by atoms with Crippen LogP contribution in [-0.2, 0) is 16.6 Å². The van der Waals surface area contributed by atoms with Gasteiger partial charge in [0.2, 0.25) is 10.0 Å². The number of aromatic nitrogens is 2. The molecule has 1 heterocycles. The number of rotatable bonds is 6. The quantitative estimate of drug-likeness (QED) is 0.882. The molecule has 0 aliphatic carbocycles.